The molecule has 2 unspecified atom stereocenters. The van der Waals surface area contributed by atoms with Crippen LogP contribution in [0.15, 0.2) is 24.3 Å². The summed E-state index contributed by atoms with van der Waals surface area (Å²) in [7, 11) is 0. The molecule has 94 valence electrons. The van der Waals surface area contributed by atoms with E-state index in [2.05, 4.69) is 24.3 Å². The van der Waals surface area contributed by atoms with Crippen LogP contribution in [0.4, 0.5) is 0 Å². The lowest BCUT2D eigenvalue weighted by Gasteiger charge is -2.39. The van der Waals surface area contributed by atoms with Crippen molar-refractivity contribution in [2.24, 2.45) is 11.8 Å². The summed E-state index contributed by atoms with van der Waals surface area (Å²) in [5.41, 5.74) is 3.63. The highest BCUT2D eigenvalue weighted by Crippen LogP contribution is 2.45. The second kappa shape index (κ2) is 4.26. The minimum Gasteiger partial charge on any atom is -0.0616 e. The van der Waals surface area contributed by atoms with Crippen molar-refractivity contribution in [3.63, 3.8) is 0 Å². The van der Waals surface area contributed by atoms with Gasteiger partial charge in [0.15, 0.2) is 0 Å². The SMILES string of the molecule is c1ccc2c(c1)=C1CCCCC1C1CCCCC=21. The van der Waals surface area contributed by atoms with E-state index in [-0.39, 0.29) is 0 Å². The highest BCUT2D eigenvalue weighted by atomic mass is 14.4. The summed E-state index contributed by atoms with van der Waals surface area (Å²) in [5, 5.41) is 3.24. The zero-order valence-corrected chi connectivity index (χ0v) is 11.1. The van der Waals surface area contributed by atoms with E-state index in [1.807, 2.05) is 11.1 Å². The summed E-state index contributed by atoms with van der Waals surface area (Å²) < 4.78 is 0. The number of benzene rings is 1. The van der Waals surface area contributed by atoms with Crippen molar-refractivity contribution < 1.29 is 0 Å². The lowest BCUT2D eigenvalue weighted by atomic mass is 9.65. The number of hydrogen-bond acceptors (Lipinski definition) is 0. The predicted molar refractivity (Wildman–Crippen MR) is 76.4 cm³/mol. The van der Waals surface area contributed by atoms with Gasteiger partial charge in [0.25, 0.3) is 0 Å². The Labute approximate surface area is 109 Å². The molecular weight excluding hydrogens is 216 g/mol. The Hall–Kier alpha value is -1.04. The molecule has 3 aliphatic carbocycles. The van der Waals surface area contributed by atoms with Gasteiger partial charge in [0.2, 0.25) is 0 Å². The van der Waals surface area contributed by atoms with E-state index in [1.165, 1.54) is 51.4 Å². The second-order valence-electron chi connectivity index (χ2n) is 6.30. The molecule has 1 aromatic rings. The Morgan fingerprint density at radius 1 is 0.667 bits per heavy atom. The van der Waals surface area contributed by atoms with Gasteiger partial charge in [-0.15, -0.1) is 0 Å². The van der Waals surface area contributed by atoms with E-state index in [0.717, 1.165) is 11.8 Å². The van der Waals surface area contributed by atoms with Gasteiger partial charge >= 0.3 is 0 Å². The molecule has 3 aliphatic rings. The Bertz CT molecular complexity index is 525. The molecule has 1 aromatic carbocycles. The van der Waals surface area contributed by atoms with Crippen molar-refractivity contribution in [1.82, 2.24) is 0 Å². The summed E-state index contributed by atoms with van der Waals surface area (Å²) >= 11 is 0. The quantitative estimate of drug-likeness (QED) is 0.650. The fraction of sp³-hybridized carbons (Fsp3) is 0.556. The summed E-state index contributed by atoms with van der Waals surface area (Å²) in [4.78, 5) is 0. The highest BCUT2D eigenvalue weighted by molar-refractivity contribution is 5.63. The number of hydrogen-bond donors (Lipinski definition) is 0. The average Bonchev–Trinajstić information content (AvgIpc) is 2.48. The fourth-order valence-corrected chi connectivity index (χ4v) is 4.68. The Morgan fingerprint density at radius 3 is 1.67 bits per heavy atom. The Kier molecular flexibility index (Phi) is 2.57. The van der Waals surface area contributed by atoms with E-state index in [0.29, 0.717) is 0 Å². The maximum Gasteiger partial charge on any atom is -0.0128 e. The van der Waals surface area contributed by atoms with Crippen LogP contribution in [0.2, 0.25) is 0 Å². The molecule has 0 nitrogen and oxygen atoms in total. The molecule has 0 saturated heterocycles. The van der Waals surface area contributed by atoms with Gasteiger partial charge in [-0.05, 0) is 60.8 Å². The molecule has 0 radical (unpaired) electrons. The number of rotatable bonds is 0. The highest BCUT2D eigenvalue weighted by Gasteiger charge is 2.34. The van der Waals surface area contributed by atoms with Crippen LogP contribution in [0, 0.1) is 11.8 Å². The molecule has 2 saturated carbocycles. The van der Waals surface area contributed by atoms with E-state index in [9.17, 15) is 0 Å². The molecule has 0 heteroatoms. The fourth-order valence-electron chi connectivity index (χ4n) is 4.68. The summed E-state index contributed by atoms with van der Waals surface area (Å²) in [5.74, 6) is 1.81. The van der Waals surface area contributed by atoms with Crippen molar-refractivity contribution >= 4 is 11.1 Å². The van der Waals surface area contributed by atoms with Crippen LogP contribution in [0.25, 0.3) is 11.1 Å². The standard InChI is InChI=1S/C18H22/c1-2-8-14-13(7-1)15-9-3-4-11-17(15)18-12-6-5-10-16(14)18/h1-2,7-8,17-18H,3-6,9-12H2. The molecule has 0 aromatic heterocycles. The molecule has 18 heavy (non-hydrogen) atoms. The largest absolute Gasteiger partial charge is 0.0616 e. The van der Waals surface area contributed by atoms with Gasteiger partial charge in [-0.1, -0.05) is 48.3 Å². The van der Waals surface area contributed by atoms with Crippen molar-refractivity contribution in [1.29, 1.82) is 0 Å². The topological polar surface area (TPSA) is 0 Å². The van der Waals surface area contributed by atoms with Gasteiger partial charge in [-0.3, -0.25) is 0 Å². The second-order valence-corrected chi connectivity index (χ2v) is 6.30. The average molecular weight is 238 g/mol. The summed E-state index contributed by atoms with van der Waals surface area (Å²) in [6, 6.07) is 9.25. The minimum absolute atomic E-state index is 0.906. The first-order valence-corrected chi connectivity index (χ1v) is 7.76. The third-order valence-corrected chi connectivity index (χ3v) is 5.42. The van der Waals surface area contributed by atoms with E-state index >= 15 is 0 Å². The smallest absolute Gasteiger partial charge is 0.0128 e. The monoisotopic (exact) mass is 238 g/mol. The Balaban J connectivity index is 2.03. The third-order valence-electron chi connectivity index (χ3n) is 5.42. The molecule has 0 spiro atoms. The first-order valence-electron chi connectivity index (χ1n) is 7.76. The lowest BCUT2D eigenvalue weighted by Crippen LogP contribution is -2.42. The molecule has 0 aliphatic heterocycles. The van der Waals surface area contributed by atoms with Crippen molar-refractivity contribution in [2.45, 2.75) is 51.4 Å². The van der Waals surface area contributed by atoms with Gasteiger partial charge in [-0.25, -0.2) is 0 Å². The van der Waals surface area contributed by atoms with Crippen molar-refractivity contribution in [3.05, 3.63) is 34.7 Å². The van der Waals surface area contributed by atoms with Crippen LogP contribution >= 0.6 is 0 Å². The molecule has 2 fully saturated rings. The third kappa shape index (κ3) is 1.51. The molecule has 0 amide bonds. The molecule has 0 heterocycles. The summed E-state index contributed by atoms with van der Waals surface area (Å²) in [6.07, 6.45) is 11.4. The van der Waals surface area contributed by atoms with Gasteiger partial charge in [0, 0.05) is 0 Å². The van der Waals surface area contributed by atoms with Gasteiger partial charge in [-0.2, -0.15) is 0 Å². The normalized spacial score (nSPS) is 30.4. The van der Waals surface area contributed by atoms with Crippen molar-refractivity contribution in [3.8, 4) is 0 Å². The van der Waals surface area contributed by atoms with Crippen LogP contribution in [-0.2, 0) is 0 Å². The first-order chi connectivity index (χ1) is 8.95. The Morgan fingerprint density at radius 2 is 1.17 bits per heavy atom. The molecule has 2 atom stereocenters. The van der Waals surface area contributed by atoms with Gasteiger partial charge < -0.3 is 0 Å². The maximum atomic E-state index is 2.39. The van der Waals surface area contributed by atoms with Gasteiger partial charge in [0.05, 0.1) is 0 Å². The molecule has 4 rings (SSSR count). The van der Waals surface area contributed by atoms with Crippen LogP contribution in [0.5, 0.6) is 0 Å². The van der Waals surface area contributed by atoms with Crippen LogP contribution in [0.3, 0.4) is 0 Å². The van der Waals surface area contributed by atoms with Crippen LogP contribution < -0.4 is 10.4 Å². The zero-order valence-electron chi connectivity index (χ0n) is 11.1. The lowest BCUT2D eigenvalue weighted by molar-refractivity contribution is 0.354. The van der Waals surface area contributed by atoms with E-state index in [1.54, 1.807) is 10.4 Å². The minimum atomic E-state index is 0.906. The van der Waals surface area contributed by atoms with E-state index < -0.39 is 0 Å². The number of fused-ring (bicyclic) bond motifs is 4. The summed E-state index contributed by atoms with van der Waals surface area (Å²) in [6.45, 7) is 0. The first kappa shape index (κ1) is 10.8. The van der Waals surface area contributed by atoms with Gasteiger partial charge in [0.1, 0.15) is 0 Å². The maximum absolute atomic E-state index is 2.39. The van der Waals surface area contributed by atoms with Crippen molar-refractivity contribution in [2.75, 3.05) is 0 Å². The predicted octanol–water partition coefficient (Wildman–Crippen LogP) is 3.38. The van der Waals surface area contributed by atoms with E-state index in [4.69, 9.17) is 0 Å². The molecule has 0 N–H and O–H groups in total. The van der Waals surface area contributed by atoms with Crippen LogP contribution in [-0.4, -0.2) is 0 Å². The zero-order chi connectivity index (χ0) is 11.9. The molecular formula is C18H22. The molecule has 0 bridgehead atoms. The van der Waals surface area contributed by atoms with Crippen LogP contribution in [0.1, 0.15) is 51.4 Å².